The van der Waals surface area contributed by atoms with Crippen LogP contribution in [0.25, 0.3) is 0 Å². The third-order valence-electron chi connectivity index (χ3n) is 4.03. The molecule has 1 aromatic rings. The van der Waals surface area contributed by atoms with Crippen LogP contribution in [0.5, 0.6) is 0 Å². The van der Waals surface area contributed by atoms with Crippen LogP contribution in [0.1, 0.15) is 20.3 Å². The van der Waals surface area contributed by atoms with E-state index in [0.29, 0.717) is 0 Å². The molecule has 0 saturated heterocycles. The van der Waals surface area contributed by atoms with E-state index in [0.717, 1.165) is 30.9 Å². The van der Waals surface area contributed by atoms with E-state index in [2.05, 4.69) is 73.6 Å². The number of para-hydroxylation sites is 1. The van der Waals surface area contributed by atoms with Crippen LogP contribution in [0.3, 0.4) is 0 Å². The van der Waals surface area contributed by atoms with Crippen molar-refractivity contribution in [3.8, 4) is 0 Å². The Labute approximate surface area is 152 Å². The molecule has 0 unspecified atom stereocenters. The molecular formula is C23H28N2. The molecule has 0 radical (unpaired) electrons. The summed E-state index contributed by atoms with van der Waals surface area (Å²) in [5.74, 6) is 0. The largest absolute Gasteiger partial charge is 0.363 e. The smallest absolute Gasteiger partial charge is 0.0437 e. The Hall–Kier alpha value is -2.74. The summed E-state index contributed by atoms with van der Waals surface area (Å²) in [5.41, 5.74) is 5.78. The van der Waals surface area contributed by atoms with Crippen molar-refractivity contribution in [2.45, 2.75) is 20.3 Å². The van der Waals surface area contributed by atoms with Crippen molar-refractivity contribution in [2.75, 3.05) is 18.0 Å². The molecule has 0 aromatic heterocycles. The maximum atomic E-state index is 4.05. The van der Waals surface area contributed by atoms with Gasteiger partial charge in [0.1, 0.15) is 0 Å². The Morgan fingerprint density at radius 3 is 2.56 bits per heavy atom. The van der Waals surface area contributed by atoms with Crippen molar-refractivity contribution in [1.29, 1.82) is 0 Å². The SMILES string of the molecule is C=CC1=C(/C=C(\C)NC(=C)/C=C\C=C/CC)CN(c2ccccc2)C1. The second kappa shape index (κ2) is 9.53. The number of rotatable bonds is 8. The number of hydrogen-bond donors (Lipinski definition) is 1. The minimum absolute atomic E-state index is 0.883. The van der Waals surface area contributed by atoms with Crippen LogP contribution in [0.4, 0.5) is 5.69 Å². The zero-order valence-corrected chi connectivity index (χ0v) is 15.3. The number of anilines is 1. The number of hydrogen-bond acceptors (Lipinski definition) is 2. The van der Waals surface area contributed by atoms with Crippen LogP contribution in [-0.2, 0) is 0 Å². The van der Waals surface area contributed by atoms with Crippen LogP contribution in [0.2, 0.25) is 0 Å². The summed E-state index contributed by atoms with van der Waals surface area (Å²) in [6, 6.07) is 10.5. The molecule has 1 aromatic carbocycles. The molecule has 25 heavy (non-hydrogen) atoms. The van der Waals surface area contributed by atoms with Crippen molar-refractivity contribution in [3.63, 3.8) is 0 Å². The maximum Gasteiger partial charge on any atom is 0.0437 e. The van der Waals surface area contributed by atoms with E-state index in [4.69, 9.17) is 0 Å². The molecule has 1 aliphatic rings. The minimum atomic E-state index is 0.883. The standard InChI is InChI=1S/C23H28N2/c1-5-7-8-10-13-19(3)24-20(4)16-22-18-25(17-21(22)6-2)23-14-11-9-12-15-23/h6-16,24H,2-3,5,17-18H2,1,4H3/b8-7-,13-10-,20-16+. The van der Waals surface area contributed by atoms with Gasteiger partial charge in [-0.25, -0.2) is 0 Å². The monoisotopic (exact) mass is 332 g/mol. The van der Waals surface area contributed by atoms with Crippen LogP contribution in [-0.4, -0.2) is 13.1 Å². The van der Waals surface area contributed by atoms with Crippen LogP contribution in [0, 0.1) is 0 Å². The van der Waals surface area contributed by atoms with Crippen molar-refractivity contribution in [1.82, 2.24) is 5.32 Å². The Bertz CT molecular complexity index is 718. The van der Waals surface area contributed by atoms with Crippen molar-refractivity contribution in [3.05, 3.63) is 102 Å². The van der Waals surface area contributed by atoms with Gasteiger partial charge in [-0.3, -0.25) is 0 Å². The number of nitrogens with one attached hydrogen (secondary N) is 1. The molecule has 0 saturated carbocycles. The summed E-state index contributed by atoms with van der Waals surface area (Å²) >= 11 is 0. The van der Waals surface area contributed by atoms with Crippen LogP contribution >= 0.6 is 0 Å². The highest BCUT2D eigenvalue weighted by molar-refractivity contribution is 5.56. The van der Waals surface area contributed by atoms with Gasteiger partial charge in [0.15, 0.2) is 0 Å². The molecule has 1 N–H and O–H groups in total. The predicted octanol–water partition coefficient (Wildman–Crippen LogP) is 5.52. The second-order valence-corrected chi connectivity index (χ2v) is 6.12. The van der Waals surface area contributed by atoms with Crippen molar-refractivity contribution >= 4 is 5.69 Å². The molecule has 0 fully saturated rings. The number of benzene rings is 1. The highest BCUT2D eigenvalue weighted by atomic mass is 15.1. The first-order chi connectivity index (χ1) is 12.1. The van der Waals surface area contributed by atoms with Gasteiger partial charge in [-0.2, -0.15) is 0 Å². The average Bonchev–Trinajstić information content (AvgIpc) is 3.02. The third-order valence-corrected chi connectivity index (χ3v) is 4.03. The van der Waals surface area contributed by atoms with E-state index in [9.17, 15) is 0 Å². The molecule has 130 valence electrons. The van der Waals surface area contributed by atoms with Crippen LogP contribution < -0.4 is 10.2 Å². The molecule has 2 nitrogen and oxygen atoms in total. The van der Waals surface area contributed by atoms with Gasteiger partial charge >= 0.3 is 0 Å². The van der Waals surface area contributed by atoms with Crippen LogP contribution in [0.15, 0.2) is 102 Å². The molecular weight excluding hydrogens is 304 g/mol. The first-order valence-electron chi connectivity index (χ1n) is 8.76. The lowest BCUT2D eigenvalue weighted by atomic mass is 10.1. The van der Waals surface area contributed by atoms with Gasteiger partial charge in [0.05, 0.1) is 0 Å². The fourth-order valence-corrected chi connectivity index (χ4v) is 2.80. The van der Waals surface area contributed by atoms with E-state index in [-0.39, 0.29) is 0 Å². The molecule has 1 aliphatic heterocycles. The summed E-state index contributed by atoms with van der Waals surface area (Å²) in [4.78, 5) is 2.36. The molecule has 0 bridgehead atoms. The lowest BCUT2D eigenvalue weighted by molar-refractivity contribution is 0.975. The van der Waals surface area contributed by atoms with E-state index in [1.54, 1.807) is 0 Å². The molecule has 0 amide bonds. The van der Waals surface area contributed by atoms with E-state index in [1.165, 1.54) is 16.8 Å². The Kier molecular flexibility index (Phi) is 7.09. The average molecular weight is 332 g/mol. The first-order valence-corrected chi connectivity index (χ1v) is 8.76. The van der Waals surface area contributed by atoms with E-state index in [1.807, 2.05) is 30.4 Å². The first kappa shape index (κ1) is 18.6. The minimum Gasteiger partial charge on any atom is -0.363 e. The summed E-state index contributed by atoms with van der Waals surface area (Å²) in [6.07, 6.45) is 13.3. The quantitative estimate of drug-likeness (QED) is 0.631. The van der Waals surface area contributed by atoms with E-state index < -0.39 is 0 Å². The lowest BCUT2D eigenvalue weighted by Gasteiger charge is -2.18. The number of allylic oxidation sites excluding steroid dienone is 5. The molecule has 2 heteroatoms. The molecule has 0 aliphatic carbocycles. The van der Waals surface area contributed by atoms with Gasteiger partial charge in [0, 0.05) is 30.2 Å². The van der Waals surface area contributed by atoms with E-state index >= 15 is 0 Å². The maximum absolute atomic E-state index is 4.05. The molecule has 0 spiro atoms. The summed E-state index contributed by atoms with van der Waals surface area (Å²) in [5, 5.41) is 3.34. The third kappa shape index (κ3) is 5.68. The van der Waals surface area contributed by atoms with Gasteiger partial charge in [-0.05, 0) is 48.8 Å². The normalized spacial score (nSPS) is 15.4. The van der Waals surface area contributed by atoms with Gasteiger partial charge in [0.25, 0.3) is 0 Å². The molecule has 2 rings (SSSR count). The predicted molar refractivity (Wildman–Crippen MR) is 110 cm³/mol. The molecule has 1 heterocycles. The van der Waals surface area contributed by atoms with Gasteiger partial charge in [0.2, 0.25) is 0 Å². The number of nitrogens with zero attached hydrogens (tertiary/aromatic N) is 1. The summed E-state index contributed by atoms with van der Waals surface area (Å²) in [6.45, 7) is 14.0. The topological polar surface area (TPSA) is 15.3 Å². The summed E-state index contributed by atoms with van der Waals surface area (Å²) in [7, 11) is 0. The summed E-state index contributed by atoms with van der Waals surface area (Å²) < 4.78 is 0. The van der Waals surface area contributed by atoms with Crippen molar-refractivity contribution < 1.29 is 0 Å². The highest BCUT2D eigenvalue weighted by Gasteiger charge is 2.19. The lowest BCUT2D eigenvalue weighted by Crippen LogP contribution is -2.20. The van der Waals surface area contributed by atoms with Gasteiger partial charge < -0.3 is 10.2 Å². The van der Waals surface area contributed by atoms with Gasteiger partial charge in [-0.15, -0.1) is 0 Å². The Balaban J connectivity index is 2.02. The zero-order valence-electron chi connectivity index (χ0n) is 15.3. The van der Waals surface area contributed by atoms with Gasteiger partial charge in [-0.1, -0.05) is 62.6 Å². The fourth-order valence-electron chi connectivity index (χ4n) is 2.80. The highest BCUT2D eigenvalue weighted by Crippen LogP contribution is 2.26. The fraction of sp³-hybridized carbons (Fsp3) is 0.217. The second-order valence-electron chi connectivity index (χ2n) is 6.12. The Morgan fingerprint density at radius 1 is 1.16 bits per heavy atom. The molecule has 0 atom stereocenters. The Morgan fingerprint density at radius 2 is 1.88 bits per heavy atom. The zero-order chi connectivity index (χ0) is 18.1. The van der Waals surface area contributed by atoms with Crippen molar-refractivity contribution in [2.24, 2.45) is 0 Å².